The molecule has 0 aromatic heterocycles. The second-order valence-electron chi connectivity index (χ2n) is 4.22. The van der Waals surface area contributed by atoms with E-state index < -0.39 is 8.32 Å². The Kier molecular flexibility index (Phi) is 3.71. The standard InChI is InChI=1S/C9H19FOSi/c1-12(2)8-4-6-9(11-12)5-3-7-10/h9H,3-8H2,1-2H3. The molecule has 0 bridgehead atoms. The Hall–Kier alpha value is 0.107. The highest BCUT2D eigenvalue weighted by molar-refractivity contribution is 6.71. The third-order valence-electron chi connectivity index (χ3n) is 2.45. The second-order valence-corrected chi connectivity index (χ2v) is 8.48. The van der Waals surface area contributed by atoms with Crippen molar-refractivity contribution in [3.05, 3.63) is 0 Å². The van der Waals surface area contributed by atoms with Gasteiger partial charge in [-0.2, -0.15) is 0 Å². The molecule has 1 heterocycles. The molecule has 72 valence electrons. The summed E-state index contributed by atoms with van der Waals surface area (Å²) >= 11 is 0. The molecule has 1 atom stereocenters. The van der Waals surface area contributed by atoms with Crippen molar-refractivity contribution in [2.24, 2.45) is 0 Å². The van der Waals surface area contributed by atoms with Crippen molar-refractivity contribution in [1.82, 2.24) is 0 Å². The average Bonchev–Trinajstić information content (AvgIpc) is 1.99. The SMILES string of the molecule is C[Si]1(C)CCCC(CCCF)O1. The highest BCUT2D eigenvalue weighted by atomic mass is 28.4. The van der Waals surface area contributed by atoms with E-state index in [9.17, 15) is 4.39 Å². The van der Waals surface area contributed by atoms with Gasteiger partial charge < -0.3 is 4.43 Å². The van der Waals surface area contributed by atoms with Gasteiger partial charge in [-0.15, -0.1) is 0 Å². The van der Waals surface area contributed by atoms with Gasteiger partial charge in [0.25, 0.3) is 0 Å². The van der Waals surface area contributed by atoms with E-state index in [1.54, 1.807) is 0 Å². The van der Waals surface area contributed by atoms with E-state index in [1.165, 1.54) is 12.5 Å². The van der Waals surface area contributed by atoms with Crippen LogP contribution in [0.3, 0.4) is 0 Å². The first-order valence-corrected chi connectivity index (χ1v) is 7.99. The molecule has 0 N–H and O–H groups in total. The van der Waals surface area contributed by atoms with Gasteiger partial charge >= 0.3 is 0 Å². The molecule has 1 unspecified atom stereocenters. The van der Waals surface area contributed by atoms with E-state index in [-0.39, 0.29) is 6.67 Å². The first-order chi connectivity index (χ1) is 5.64. The molecule has 1 nitrogen and oxygen atoms in total. The summed E-state index contributed by atoms with van der Waals surface area (Å²) in [5.74, 6) is 0. The summed E-state index contributed by atoms with van der Waals surface area (Å²) in [6.45, 7) is 4.32. The maximum absolute atomic E-state index is 11.9. The molecule has 0 aliphatic carbocycles. The number of hydrogen-bond acceptors (Lipinski definition) is 1. The molecule has 3 heteroatoms. The third-order valence-corrected chi connectivity index (χ3v) is 4.98. The lowest BCUT2D eigenvalue weighted by Gasteiger charge is -2.34. The van der Waals surface area contributed by atoms with Gasteiger partial charge in [-0.25, -0.2) is 0 Å². The lowest BCUT2D eigenvalue weighted by molar-refractivity contribution is 0.146. The number of rotatable bonds is 3. The molecule has 0 aromatic rings. The summed E-state index contributed by atoms with van der Waals surface area (Å²) in [6, 6.07) is 1.28. The van der Waals surface area contributed by atoms with Crippen LogP contribution in [0.25, 0.3) is 0 Å². The maximum atomic E-state index is 11.9. The van der Waals surface area contributed by atoms with Crippen molar-refractivity contribution in [2.75, 3.05) is 6.67 Å². The molecule has 1 saturated heterocycles. The van der Waals surface area contributed by atoms with Crippen LogP contribution in [-0.4, -0.2) is 21.1 Å². The lowest BCUT2D eigenvalue weighted by Crippen LogP contribution is -2.39. The summed E-state index contributed by atoms with van der Waals surface area (Å²) < 4.78 is 17.8. The number of halogens is 1. The van der Waals surface area contributed by atoms with Crippen LogP contribution in [0.15, 0.2) is 0 Å². The van der Waals surface area contributed by atoms with Crippen LogP contribution in [-0.2, 0) is 4.43 Å². The van der Waals surface area contributed by atoms with Crippen LogP contribution in [0, 0.1) is 0 Å². The van der Waals surface area contributed by atoms with Crippen molar-refractivity contribution in [3.8, 4) is 0 Å². The van der Waals surface area contributed by atoms with Gasteiger partial charge in [0.15, 0.2) is 8.32 Å². The van der Waals surface area contributed by atoms with Gasteiger partial charge in [0.2, 0.25) is 0 Å². The Morgan fingerprint density at radius 2 is 2.25 bits per heavy atom. The minimum Gasteiger partial charge on any atom is -0.414 e. The quantitative estimate of drug-likeness (QED) is 0.621. The molecule has 0 saturated carbocycles. The average molecular weight is 190 g/mol. The minimum atomic E-state index is -1.33. The van der Waals surface area contributed by atoms with Gasteiger partial charge in [-0.1, -0.05) is 6.42 Å². The van der Waals surface area contributed by atoms with Crippen LogP contribution in [0.4, 0.5) is 4.39 Å². The second kappa shape index (κ2) is 4.37. The molecule has 1 aliphatic rings. The largest absolute Gasteiger partial charge is 0.414 e. The fourth-order valence-corrected chi connectivity index (χ4v) is 4.14. The smallest absolute Gasteiger partial charge is 0.187 e. The zero-order valence-corrected chi connectivity index (χ0v) is 9.11. The maximum Gasteiger partial charge on any atom is 0.187 e. The summed E-state index contributed by atoms with van der Waals surface area (Å²) in [4.78, 5) is 0. The van der Waals surface area contributed by atoms with Crippen LogP contribution in [0.2, 0.25) is 19.1 Å². The fraction of sp³-hybridized carbons (Fsp3) is 1.00. The van der Waals surface area contributed by atoms with Crippen LogP contribution in [0.1, 0.15) is 25.7 Å². The predicted molar refractivity (Wildman–Crippen MR) is 51.6 cm³/mol. The van der Waals surface area contributed by atoms with Gasteiger partial charge in [-0.05, 0) is 38.4 Å². The molecule has 1 aliphatic heterocycles. The highest BCUT2D eigenvalue weighted by Crippen LogP contribution is 2.27. The van der Waals surface area contributed by atoms with Crippen LogP contribution < -0.4 is 0 Å². The molecule has 1 fully saturated rings. The minimum absolute atomic E-state index is 0.193. The van der Waals surface area contributed by atoms with Crippen molar-refractivity contribution in [1.29, 1.82) is 0 Å². The molecule has 0 amide bonds. The Morgan fingerprint density at radius 1 is 1.50 bits per heavy atom. The highest BCUT2D eigenvalue weighted by Gasteiger charge is 2.30. The lowest BCUT2D eigenvalue weighted by atomic mass is 10.1. The topological polar surface area (TPSA) is 9.23 Å². The van der Waals surface area contributed by atoms with E-state index in [1.807, 2.05) is 0 Å². The Labute approximate surface area is 75.4 Å². The zero-order valence-electron chi connectivity index (χ0n) is 8.11. The first-order valence-electron chi connectivity index (χ1n) is 4.88. The molecule has 1 rings (SSSR count). The summed E-state index contributed by atoms with van der Waals surface area (Å²) in [7, 11) is -1.33. The van der Waals surface area contributed by atoms with Crippen molar-refractivity contribution in [3.63, 3.8) is 0 Å². The van der Waals surface area contributed by atoms with Crippen molar-refractivity contribution in [2.45, 2.75) is 50.9 Å². The van der Waals surface area contributed by atoms with Crippen LogP contribution >= 0.6 is 0 Å². The number of alkyl halides is 1. The van der Waals surface area contributed by atoms with Gasteiger partial charge in [0.05, 0.1) is 6.67 Å². The monoisotopic (exact) mass is 190 g/mol. The number of hydrogen-bond donors (Lipinski definition) is 0. The van der Waals surface area contributed by atoms with E-state index in [0.717, 1.165) is 12.8 Å². The fourth-order valence-electron chi connectivity index (χ4n) is 1.83. The molecule has 12 heavy (non-hydrogen) atoms. The van der Waals surface area contributed by atoms with E-state index in [0.29, 0.717) is 12.5 Å². The first kappa shape index (κ1) is 10.2. The molecule has 0 radical (unpaired) electrons. The molecule has 0 spiro atoms. The Balaban J connectivity index is 2.26. The summed E-state index contributed by atoms with van der Waals surface area (Å²) in [6.07, 6.45) is 4.41. The normalized spacial score (nSPS) is 28.8. The van der Waals surface area contributed by atoms with E-state index in [2.05, 4.69) is 13.1 Å². The van der Waals surface area contributed by atoms with Crippen molar-refractivity contribution >= 4 is 8.32 Å². The molecule has 0 aromatic carbocycles. The van der Waals surface area contributed by atoms with E-state index in [4.69, 9.17) is 4.43 Å². The zero-order chi connectivity index (χ0) is 9.03. The van der Waals surface area contributed by atoms with Gasteiger partial charge in [0, 0.05) is 6.10 Å². The van der Waals surface area contributed by atoms with Crippen molar-refractivity contribution < 1.29 is 8.82 Å². The van der Waals surface area contributed by atoms with Gasteiger partial charge in [-0.3, -0.25) is 4.39 Å². The summed E-state index contributed by atoms with van der Waals surface area (Å²) in [5.41, 5.74) is 0. The Morgan fingerprint density at radius 3 is 2.83 bits per heavy atom. The third kappa shape index (κ3) is 3.23. The summed E-state index contributed by atoms with van der Waals surface area (Å²) in [5, 5.41) is 0. The Bertz CT molecular complexity index is 138. The van der Waals surface area contributed by atoms with Crippen LogP contribution in [0.5, 0.6) is 0 Å². The van der Waals surface area contributed by atoms with E-state index >= 15 is 0 Å². The predicted octanol–water partition coefficient (Wildman–Crippen LogP) is 3.12. The van der Waals surface area contributed by atoms with Gasteiger partial charge in [0.1, 0.15) is 0 Å². The molecular weight excluding hydrogens is 171 g/mol. The molecular formula is C9H19FOSi.